The maximum atomic E-state index is 14.6. The molecule has 0 aromatic carbocycles. The summed E-state index contributed by atoms with van der Waals surface area (Å²) in [5, 5.41) is 3.41. The standard InChI is InChI=1S/C15H16ClFN6/c1-8(18)5-10-12(17)11-13(22-15(16)23-14(11)21-10)20-7-9-3-2-4-19-6-9/h2-4,6,8H,5,7,18H2,1H3,(H2,20,21,22,23)/t8-/m0/s1. The molecule has 0 radical (unpaired) electrons. The number of fused-ring (bicyclic) bond motifs is 1. The van der Waals surface area contributed by atoms with Crippen LogP contribution >= 0.6 is 11.6 Å². The summed E-state index contributed by atoms with van der Waals surface area (Å²) in [4.78, 5) is 15.1. The molecule has 0 aliphatic carbocycles. The Labute approximate surface area is 137 Å². The first kappa shape index (κ1) is 15.6. The van der Waals surface area contributed by atoms with Crippen molar-refractivity contribution in [1.82, 2.24) is 19.9 Å². The number of anilines is 1. The molecule has 4 N–H and O–H groups in total. The molecule has 1 atom stereocenters. The van der Waals surface area contributed by atoms with Crippen molar-refractivity contribution in [3.63, 3.8) is 0 Å². The third-order valence-electron chi connectivity index (χ3n) is 3.34. The van der Waals surface area contributed by atoms with Crippen molar-refractivity contribution < 1.29 is 4.39 Å². The fraction of sp³-hybridized carbons (Fsp3) is 0.267. The van der Waals surface area contributed by atoms with Crippen LogP contribution in [0.1, 0.15) is 18.2 Å². The molecule has 3 rings (SSSR count). The van der Waals surface area contributed by atoms with Gasteiger partial charge in [-0.1, -0.05) is 6.07 Å². The highest BCUT2D eigenvalue weighted by Crippen LogP contribution is 2.28. The Morgan fingerprint density at radius 3 is 2.96 bits per heavy atom. The van der Waals surface area contributed by atoms with E-state index in [1.54, 1.807) is 12.4 Å². The molecule has 6 nitrogen and oxygen atoms in total. The smallest absolute Gasteiger partial charge is 0.226 e. The number of H-pyrrole nitrogens is 1. The lowest BCUT2D eigenvalue weighted by molar-refractivity contribution is 0.602. The van der Waals surface area contributed by atoms with Crippen molar-refractivity contribution in [1.29, 1.82) is 0 Å². The molecule has 3 aromatic heterocycles. The Hall–Kier alpha value is -2.25. The molecule has 0 amide bonds. The third kappa shape index (κ3) is 3.40. The van der Waals surface area contributed by atoms with Crippen molar-refractivity contribution in [2.75, 3.05) is 5.32 Å². The van der Waals surface area contributed by atoms with Crippen molar-refractivity contribution in [2.24, 2.45) is 5.73 Å². The minimum absolute atomic E-state index is 0.0415. The Morgan fingerprint density at radius 2 is 2.26 bits per heavy atom. The second kappa shape index (κ2) is 6.47. The molecule has 120 valence electrons. The van der Waals surface area contributed by atoms with Gasteiger partial charge in [0.25, 0.3) is 0 Å². The van der Waals surface area contributed by atoms with Gasteiger partial charge in [0.15, 0.2) is 5.82 Å². The maximum Gasteiger partial charge on any atom is 0.226 e. The fourth-order valence-electron chi connectivity index (χ4n) is 2.36. The van der Waals surface area contributed by atoms with Crippen LogP contribution in [-0.2, 0) is 13.0 Å². The second-order valence-corrected chi connectivity index (χ2v) is 5.72. The van der Waals surface area contributed by atoms with Crippen molar-refractivity contribution in [2.45, 2.75) is 25.9 Å². The van der Waals surface area contributed by atoms with Gasteiger partial charge in [-0.25, -0.2) is 4.39 Å². The molecule has 0 aliphatic heterocycles. The number of aromatic amines is 1. The maximum absolute atomic E-state index is 14.6. The van der Waals surface area contributed by atoms with Gasteiger partial charge in [0.2, 0.25) is 5.28 Å². The lowest BCUT2D eigenvalue weighted by atomic mass is 10.2. The summed E-state index contributed by atoms with van der Waals surface area (Å²) in [6.45, 7) is 2.26. The number of pyridine rings is 1. The molecule has 0 saturated heterocycles. The first-order valence-corrected chi connectivity index (χ1v) is 7.54. The topological polar surface area (TPSA) is 92.5 Å². The SMILES string of the molecule is C[C@H](N)Cc1[nH]c2nc(Cl)nc(NCc3cccnc3)c2c1F. The molecule has 0 bridgehead atoms. The minimum atomic E-state index is -0.400. The number of nitrogens with zero attached hydrogens (tertiary/aromatic N) is 3. The van der Waals surface area contributed by atoms with Gasteiger partial charge >= 0.3 is 0 Å². The van der Waals surface area contributed by atoms with Gasteiger partial charge in [-0.2, -0.15) is 9.97 Å². The van der Waals surface area contributed by atoms with Crippen LogP contribution in [0.4, 0.5) is 10.2 Å². The Kier molecular flexibility index (Phi) is 4.40. The number of hydrogen-bond donors (Lipinski definition) is 3. The van der Waals surface area contributed by atoms with Crippen LogP contribution in [0.2, 0.25) is 5.28 Å². The lowest BCUT2D eigenvalue weighted by Crippen LogP contribution is -2.18. The number of aromatic nitrogens is 4. The van der Waals surface area contributed by atoms with E-state index in [9.17, 15) is 4.39 Å². The summed E-state index contributed by atoms with van der Waals surface area (Å²) in [6.07, 6.45) is 3.79. The number of nitrogens with two attached hydrogens (primary N) is 1. The van der Waals surface area contributed by atoms with Crippen molar-refractivity contribution >= 4 is 28.5 Å². The quantitative estimate of drug-likeness (QED) is 0.624. The van der Waals surface area contributed by atoms with Crippen LogP contribution in [0.25, 0.3) is 11.0 Å². The highest BCUT2D eigenvalue weighted by atomic mass is 35.5. The molecule has 0 aliphatic rings. The monoisotopic (exact) mass is 334 g/mol. The van der Waals surface area contributed by atoms with E-state index in [1.807, 2.05) is 19.1 Å². The van der Waals surface area contributed by atoms with Gasteiger partial charge in [0.05, 0.1) is 11.1 Å². The summed E-state index contributed by atoms with van der Waals surface area (Å²) in [7, 11) is 0. The van der Waals surface area contributed by atoms with Gasteiger partial charge in [-0.05, 0) is 30.2 Å². The van der Waals surface area contributed by atoms with E-state index in [0.717, 1.165) is 5.56 Å². The third-order valence-corrected chi connectivity index (χ3v) is 3.51. The van der Waals surface area contributed by atoms with Crippen LogP contribution in [0.5, 0.6) is 0 Å². The molecule has 0 spiro atoms. The Bertz CT molecular complexity index is 818. The Morgan fingerprint density at radius 1 is 1.43 bits per heavy atom. The van der Waals surface area contributed by atoms with Crippen LogP contribution < -0.4 is 11.1 Å². The predicted octanol–water partition coefficient (Wildman–Crippen LogP) is 2.65. The molecule has 8 heteroatoms. The van der Waals surface area contributed by atoms with Gasteiger partial charge < -0.3 is 16.0 Å². The summed E-state index contributed by atoms with van der Waals surface area (Å²) in [5.74, 6) is -0.0591. The minimum Gasteiger partial charge on any atom is -0.365 e. The summed E-state index contributed by atoms with van der Waals surface area (Å²) in [6, 6.07) is 3.57. The lowest BCUT2D eigenvalue weighted by Gasteiger charge is -2.07. The number of hydrogen-bond acceptors (Lipinski definition) is 5. The van der Waals surface area contributed by atoms with Crippen LogP contribution in [0, 0.1) is 5.82 Å². The summed E-state index contributed by atoms with van der Waals surface area (Å²) in [5.41, 5.74) is 7.45. The van der Waals surface area contributed by atoms with Gasteiger partial charge in [0.1, 0.15) is 11.5 Å². The summed E-state index contributed by atoms with van der Waals surface area (Å²) >= 11 is 5.93. The van der Waals surface area contributed by atoms with Crippen LogP contribution in [-0.4, -0.2) is 26.0 Å². The average Bonchev–Trinajstić information content (AvgIpc) is 2.81. The second-order valence-electron chi connectivity index (χ2n) is 5.38. The number of nitrogens with one attached hydrogen (secondary N) is 2. The number of rotatable bonds is 5. The Balaban J connectivity index is 1.97. The van der Waals surface area contributed by atoms with E-state index in [0.29, 0.717) is 30.1 Å². The molecule has 23 heavy (non-hydrogen) atoms. The van der Waals surface area contributed by atoms with E-state index in [4.69, 9.17) is 17.3 Å². The predicted molar refractivity (Wildman–Crippen MR) is 87.8 cm³/mol. The van der Waals surface area contributed by atoms with E-state index in [1.165, 1.54) is 0 Å². The highest BCUT2D eigenvalue weighted by molar-refractivity contribution is 6.28. The first-order chi connectivity index (χ1) is 11.0. The zero-order valence-electron chi connectivity index (χ0n) is 12.5. The number of halogens is 2. The molecular formula is C15H16ClFN6. The molecule has 3 aromatic rings. The average molecular weight is 335 g/mol. The van der Waals surface area contributed by atoms with E-state index in [2.05, 4.69) is 25.3 Å². The zero-order valence-corrected chi connectivity index (χ0v) is 13.2. The summed E-state index contributed by atoms with van der Waals surface area (Å²) < 4.78 is 14.6. The molecule has 0 fully saturated rings. The largest absolute Gasteiger partial charge is 0.365 e. The normalized spacial score (nSPS) is 12.5. The van der Waals surface area contributed by atoms with E-state index < -0.39 is 5.82 Å². The zero-order chi connectivity index (χ0) is 16.4. The molecule has 0 unspecified atom stereocenters. The fourth-order valence-corrected chi connectivity index (χ4v) is 2.53. The molecular weight excluding hydrogens is 319 g/mol. The van der Waals surface area contributed by atoms with Crippen LogP contribution in [0.15, 0.2) is 24.5 Å². The van der Waals surface area contributed by atoms with E-state index >= 15 is 0 Å². The molecule has 0 saturated carbocycles. The molecule has 3 heterocycles. The van der Waals surface area contributed by atoms with Gasteiger partial charge in [-0.3, -0.25) is 4.98 Å². The van der Waals surface area contributed by atoms with Crippen molar-refractivity contribution in [3.8, 4) is 0 Å². The van der Waals surface area contributed by atoms with Crippen LogP contribution in [0.3, 0.4) is 0 Å². The first-order valence-electron chi connectivity index (χ1n) is 7.16. The highest BCUT2D eigenvalue weighted by Gasteiger charge is 2.19. The van der Waals surface area contributed by atoms with Crippen molar-refractivity contribution in [3.05, 3.63) is 46.9 Å². The van der Waals surface area contributed by atoms with Gasteiger partial charge in [0, 0.05) is 31.4 Å². The van der Waals surface area contributed by atoms with Gasteiger partial charge in [-0.15, -0.1) is 0 Å². The van der Waals surface area contributed by atoms with E-state index in [-0.39, 0.29) is 16.7 Å².